The van der Waals surface area contributed by atoms with E-state index in [1.807, 2.05) is 33.8 Å². The lowest BCUT2D eigenvalue weighted by molar-refractivity contribution is 0.0218. The lowest BCUT2D eigenvalue weighted by Crippen LogP contribution is -2.54. The lowest BCUT2D eigenvalue weighted by Gasteiger charge is -2.41. The minimum atomic E-state index is -0.495. The van der Waals surface area contributed by atoms with E-state index < -0.39 is 11.6 Å². The molecule has 2 heterocycles. The van der Waals surface area contributed by atoms with E-state index in [0.29, 0.717) is 19.6 Å². The van der Waals surface area contributed by atoms with Crippen molar-refractivity contribution in [2.75, 3.05) is 31.6 Å². The molecule has 0 N–H and O–H groups in total. The highest BCUT2D eigenvalue weighted by atomic mass is 16.6. The molecular formula is C17H25N3O4. The van der Waals surface area contributed by atoms with Crippen LogP contribution >= 0.6 is 0 Å². The Morgan fingerprint density at radius 1 is 1.25 bits per heavy atom. The van der Waals surface area contributed by atoms with Crippen LogP contribution < -0.4 is 4.90 Å². The number of amides is 1. The van der Waals surface area contributed by atoms with Gasteiger partial charge in [0.1, 0.15) is 11.3 Å². The molecule has 1 aliphatic rings. The minimum Gasteiger partial charge on any atom is -0.464 e. The fourth-order valence-corrected chi connectivity index (χ4v) is 2.61. The van der Waals surface area contributed by atoms with Gasteiger partial charge in [0, 0.05) is 25.7 Å². The summed E-state index contributed by atoms with van der Waals surface area (Å²) in [4.78, 5) is 31.6. The fraction of sp³-hybridized carbons (Fsp3) is 0.588. The molecule has 1 aromatic rings. The highest BCUT2D eigenvalue weighted by molar-refractivity contribution is 5.87. The summed E-state index contributed by atoms with van der Waals surface area (Å²) in [6.45, 7) is 9.47. The first-order valence-corrected chi connectivity index (χ1v) is 8.00. The normalized spacial score (nSPS) is 18.3. The predicted molar refractivity (Wildman–Crippen MR) is 90.2 cm³/mol. The third-order valence-electron chi connectivity index (χ3n) is 3.75. The van der Waals surface area contributed by atoms with Gasteiger partial charge in [0.15, 0.2) is 0 Å². The van der Waals surface area contributed by atoms with Crippen molar-refractivity contribution in [3.8, 4) is 0 Å². The first kappa shape index (κ1) is 18.0. The molecule has 0 radical (unpaired) electrons. The molecule has 0 saturated carbocycles. The van der Waals surface area contributed by atoms with Gasteiger partial charge in [-0.3, -0.25) is 0 Å². The Labute approximate surface area is 142 Å². The number of carbonyl (C=O) groups excluding carboxylic acids is 2. The number of carbonyl (C=O) groups is 2. The van der Waals surface area contributed by atoms with Crippen LogP contribution in [0.15, 0.2) is 18.3 Å². The predicted octanol–water partition coefficient (Wildman–Crippen LogP) is 2.31. The summed E-state index contributed by atoms with van der Waals surface area (Å²) < 4.78 is 10.1. The van der Waals surface area contributed by atoms with Gasteiger partial charge in [-0.1, -0.05) is 0 Å². The minimum absolute atomic E-state index is 0.122. The zero-order valence-corrected chi connectivity index (χ0v) is 14.9. The SMILES string of the molecule is COC(=O)c1ccc(N2CCN(C(=O)OC(C)(C)C)C[C@@H]2C)cn1. The second kappa shape index (κ2) is 7.07. The van der Waals surface area contributed by atoms with Crippen LogP contribution in [0.3, 0.4) is 0 Å². The number of hydrogen-bond donors (Lipinski definition) is 0. The third kappa shape index (κ3) is 4.37. The van der Waals surface area contributed by atoms with Crippen LogP contribution in [-0.4, -0.2) is 60.3 Å². The second-order valence-electron chi connectivity index (χ2n) is 6.86. The van der Waals surface area contributed by atoms with Crippen LogP contribution in [-0.2, 0) is 9.47 Å². The van der Waals surface area contributed by atoms with E-state index in [4.69, 9.17) is 4.74 Å². The number of anilines is 1. The summed E-state index contributed by atoms with van der Waals surface area (Å²) in [6.07, 6.45) is 1.37. The van der Waals surface area contributed by atoms with Crippen LogP contribution in [0.4, 0.5) is 10.5 Å². The number of piperazine rings is 1. The Morgan fingerprint density at radius 2 is 1.96 bits per heavy atom. The zero-order chi connectivity index (χ0) is 17.9. The van der Waals surface area contributed by atoms with Crippen molar-refractivity contribution in [3.63, 3.8) is 0 Å². The lowest BCUT2D eigenvalue weighted by atomic mass is 10.1. The zero-order valence-electron chi connectivity index (χ0n) is 14.9. The molecule has 1 aromatic heterocycles. The Kier molecular flexibility index (Phi) is 5.31. The summed E-state index contributed by atoms with van der Waals surface area (Å²) in [6, 6.07) is 3.62. The van der Waals surface area contributed by atoms with Gasteiger partial charge in [-0.2, -0.15) is 0 Å². The fourth-order valence-electron chi connectivity index (χ4n) is 2.61. The van der Waals surface area contributed by atoms with Crippen molar-refractivity contribution < 1.29 is 19.1 Å². The van der Waals surface area contributed by atoms with Crippen LogP contribution in [0.1, 0.15) is 38.2 Å². The molecule has 0 spiro atoms. The van der Waals surface area contributed by atoms with Gasteiger partial charge in [0.25, 0.3) is 0 Å². The van der Waals surface area contributed by atoms with E-state index in [-0.39, 0.29) is 17.8 Å². The number of methoxy groups -OCH3 is 1. The summed E-state index contributed by atoms with van der Waals surface area (Å²) >= 11 is 0. The largest absolute Gasteiger partial charge is 0.464 e. The van der Waals surface area contributed by atoms with Gasteiger partial charge in [-0.15, -0.1) is 0 Å². The summed E-state index contributed by atoms with van der Waals surface area (Å²) in [5.74, 6) is -0.454. The molecule has 7 nitrogen and oxygen atoms in total. The topological polar surface area (TPSA) is 72.0 Å². The molecule has 0 unspecified atom stereocenters. The maximum absolute atomic E-state index is 12.2. The number of aromatic nitrogens is 1. The molecule has 0 bridgehead atoms. The second-order valence-corrected chi connectivity index (χ2v) is 6.86. The van der Waals surface area contributed by atoms with Crippen molar-refractivity contribution in [2.45, 2.75) is 39.3 Å². The Morgan fingerprint density at radius 3 is 2.46 bits per heavy atom. The van der Waals surface area contributed by atoms with Crippen LogP contribution in [0.5, 0.6) is 0 Å². The number of hydrogen-bond acceptors (Lipinski definition) is 6. The number of rotatable bonds is 2. The molecule has 1 atom stereocenters. The standard InChI is InChI=1S/C17H25N3O4/c1-12-11-19(16(22)24-17(2,3)4)8-9-20(12)13-6-7-14(18-10-13)15(21)23-5/h6-7,10,12H,8-9,11H2,1-5H3/t12-/m0/s1. The summed E-state index contributed by atoms with van der Waals surface area (Å²) in [5.41, 5.74) is 0.700. The monoisotopic (exact) mass is 335 g/mol. The Balaban J connectivity index is 2.01. The van der Waals surface area contributed by atoms with Crippen LogP contribution in [0, 0.1) is 0 Å². The molecule has 1 amide bonds. The van der Waals surface area contributed by atoms with E-state index in [2.05, 4.69) is 14.6 Å². The molecular weight excluding hydrogens is 310 g/mol. The van der Waals surface area contributed by atoms with Crippen molar-refractivity contribution in [1.82, 2.24) is 9.88 Å². The van der Waals surface area contributed by atoms with Gasteiger partial charge in [-0.05, 0) is 39.8 Å². The molecule has 24 heavy (non-hydrogen) atoms. The number of ether oxygens (including phenoxy) is 2. The van der Waals surface area contributed by atoms with Gasteiger partial charge in [-0.25, -0.2) is 14.6 Å². The molecule has 7 heteroatoms. The Bertz CT molecular complexity index is 595. The van der Waals surface area contributed by atoms with Crippen molar-refractivity contribution in [2.24, 2.45) is 0 Å². The molecule has 0 aliphatic carbocycles. The van der Waals surface area contributed by atoms with Crippen molar-refractivity contribution in [1.29, 1.82) is 0 Å². The smallest absolute Gasteiger partial charge is 0.410 e. The maximum atomic E-state index is 12.2. The van der Waals surface area contributed by atoms with E-state index in [1.165, 1.54) is 7.11 Å². The maximum Gasteiger partial charge on any atom is 0.410 e. The van der Waals surface area contributed by atoms with Crippen LogP contribution in [0.2, 0.25) is 0 Å². The van der Waals surface area contributed by atoms with Gasteiger partial charge < -0.3 is 19.3 Å². The van der Waals surface area contributed by atoms with Crippen molar-refractivity contribution in [3.05, 3.63) is 24.0 Å². The highest BCUT2D eigenvalue weighted by Gasteiger charge is 2.30. The van der Waals surface area contributed by atoms with Crippen LogP contribution in [0.25, 0.3) is 0 Å². The average molecular weight is 335 g/mol. The average Bonchev–Trinajstić information content (AvgIpc) is 2.52. The molecule has 2 rings (SSSR count). The molecule has 132 valence electrons. The van der Waals surface area contributed by atoms with Gasteiger partial charge in [0.2, 0.25) is 0 Å². The van der Waals surface area contributed by atoms with Gasteiger partial charge in [0.05, 0.1) is 19.0 Å². The van der Waals surface area contributed by atoms with Crippen molar-refractivity contribution >= 4 is 17.7 Å². The van der Waals surface area contributed by atoms with E-state index in [1.54, 1.807) is 17.2 Å². The first-order valence-electron chi connectivity index (χ1n) is 8.00. The molecule has 0 aromatic carbocycles. The number of pyridine rings is 1. The Hall–Kier alpha value is -2.31. The number of esters is 1. The first-order chi connectivity index (χ1) is 11.2. The highest BCUT2D eigenvalue weighted by Crippen LogP contribution is 2.21. The van der Waals surface area contributed by atoms with E-state index >= 15 is 0 Å². The van der Waals surface area contributed by atoms with Gasteiger partial charge >= 0.3 is 12.1 Å². The van der Waals surface area contributed by atoms with E-state index in [0.717, 1.165) is 5.69 Å². The summed E-state index contributed by atoms with van der Waals surface area (Å²) in [5, 5.41) is 0. The molecule has 1 aliphatic heterocycles. The quantitative estimate of drug-likeness (QED) is 0.772. The number of nitrogens with zero attached hydrogens (tertiary/aromatic N) is 3. The molecule has 1 saturated heterocycles. The third-order valence-corrected chi connectivity index (χ3v) is 3.75. The van der Waals surface area contributed by atoms with E-state index in [9.17, 15) is 9.59 Å². The summed E-state index contributed by atoms with van der Waals surface area (Å²) in [7, 11) is 1.33. The molecule has 1 fully saturated rings.